The number of nitro benzene ring substituents is 1. The number of nitriles is 1. The fraction of sp³-hybridized carbons (Fsp3) is 0.364. The highest BCUT2D eigenvalue weighted by Crippen LogP contribution is 2.21. The predicted molar refractivity (Wildman–Crippen MR) is 67.7 cm³/mol. The summed E-state index contributed by atoms with van der Waals surface area (Å²) < 4.78 is 39.4. The second kappa shape index (κ2) is 6.40. The van der Waals surface area contributed by atoms with Gasteiger partial charge in [0.1, 0.15) is 0 Å². The number of halogens is 1. The Morgan fingerprint density at radius 1 is 1.55 bits per heavy atom. The van der Waals surface area contributed by atoms with Crippen LogP contribution in [-0.4, -0.2) is 19.4 Å². The monoisotopic (exact) mass is 301 g/mol. The summed E-state index contributed by atoms with van der Waals surface area (Å²) in [5.74, 6) is -1.11. The molecule has 0 amide bonds. The van der Waals surface area contributed by atoms with Gasteiger partial charge in [0.15, 0.2) is 0 Å². The van der Waals surface area contributed by atoms with E-state index in [0.717, 1.165) is 12.1 Å². The van der Waals surface area contributed by atoms with E-state index >= 15 is 0 Å². The molecule has 7 nitrogen and oxygen atoms in total. The summed E-state index contributed by atoms with van der Waals surface area (Å²) in [4.78, 5) is 9.18. The molecule has 1 aromatic rings. The van der Waals surface area contributed by atoms with Crippen molar-refractivity contribution in [3.05, 3.63) is 34.1 Å². The molecule has 1 atom stereocenters. The van der Waals surface area contributed by atoms with Gasteiger partial charge >= 0.3 is 5.69 Å². The number of sulfonamides is 1. The zero-order valence-corrected chi connectivity index (χ0v) is 11.4. The summed E-state index contributed by atoms with van der Waals surface area (Å²) >= 11 is 0. The molecule has 0 heterocycles. The highest BCUT2D eigenvalue weighted by Gasteiger charge is 2.23. The highest BCUT2D eigenvalue weighted by molar-refractivity contribution is 7.89. The molecule has 20 heavy (non-hydrogen) atoms. The van der Waals surface area contributed by atoms with Crippen molar-refractivity contribution >= 4 is 15.7 Å². The third-order valence-electron chi connectivity index (χ3n) is 2.58. The van der Waals surface area contributed by atoms with Crippen LogP contribution < -0.4 is 4.72 Å². The van der Waals surface area contributed by atoms with Crippen LogP contribution in [0.1, 0.15) is 19.8 Å². The number of nitro groups is 1. The van der Waals surface area contributed by atoms with Crippen LogP contribution in [0.25, 0.3) is 0 Å². The molecular formula is C11H12FN3O4S. The van der Waals surface area contributed by atoms with E-state index in [1.807, 2.05) is 6.07 Å². The second-order valence-electron chi connectivity index (χ2n) is 3.96. The minimum absolute atomic E-state index is 0.0288. The quantitative estimate of drug-likeness (QED) is 0.634. The summed E-state index contributed by atoms with van der Waals surface area (Å²) in [6.45, 7) is 1.69. The largest absolute Gasteiger partial charge is 0.306 e. The molecule has 0 bridgehead atoms. The third kappa shape index (κ3) is 3.72. The maximum atomic E-state index is 13.2. The lowest BCUT2D eigenvalue weighted by Crippen LogP contribution is -2.34. The summed E-state index contributed by atoms with van der Waals surface area (Å²) in [6, 6.07) is 3.54. The average molecular weight is 301 g/mol. The van der Waals surface area contributed by atoms with E-state index in [1.165, 1.54) is 0 Å². The first-order valence-electron chi connectivity index (χ1n) is 5.65. The van der Waals surface area contributed by atoms with Gasteiger partial charge in [-0.2, -0.15) is 9.65 Å². The summed E-state index contributed by atoms with van der Waals surface area (Å²) in [5.41, 5.74) is -0.916. The van der Waals surface area contributed by atoms with E-state index in [0.29, 0.717) is 12.5 Å². The van der Waals surface area contributed by atoms with E-state index in [-0.39, 0.29) is 6.42 Å². The number of hydrogen-bond acceptors (Lipinski definition) is 5. The van der Waals surface area contributed by atoms with E-state index in [4.69, 9.17) is 5.26 Å². The molecule has 0 fully saturated rings. The Morgan fingerprint density at radius 3 is 2.70 bits per heavy atom. The Hall–Kier alpha value is -2.05. The first-order chi connectivity index (χ1) is 9.31. The van der Waals surface area contributed by atoms with Crippen molar-refractivity contribution in [3.8, 4) is 6.07 Å². The van der Waals surface area contributed by atoms with Gasteiger partial charge in [-0.15, -0.1) is 0 Å². The van der Waals surface area contributed by atoms with Gasteiger partial charge in [0, 0.05) is 12.1 Å². The van der Waals surface area contributed by atoms with Crippen molar-refractivity contribution in [1.82, 2.24) is 4.72 Å². The van der Waals surface area contributed by atoms with Gasteiger partial charge in [-0.1, -0.05) is 6.92 Å². The standard InChI is InChI=1S/C11H12FN3O4S/c1-2-8(5-6-13)14-20(18,19)9-3-4-10(12)11(7-9)15(16)17/h3-4,7-8,14H,2,5H2,1H3. The molecule has 0 saturated carbocycles. The van der Waals surface area contributed by atoms with Crippen LogP contribution >= 0.6 is 0 Å². The molecule has 0 aliphatic carbocycles. The van der Waals surface area contributed by atoms with E-state index < -0.39 is 37.4 Å². The Labute approximate surface area is 115 Å². The Morgan fingerprint density at radius 2 is 2.20 bits per heavy atom. The second-order valence-corrected chi connectivity index (χ2v) is 5.67. The molecule has 0 aliphatic rings. The molecule has 0 radical (unpaired) electrons. The SMILES string of the molecule is CCC(CC#N)NS(=O)(=O)c1ccc(F)c([N+](=O)[O-])c1. The van der Waals surface area contributed by atoms with Crippen molar-refractivity contribution in [2.24, 2.45) is 0 Å². The van der Waals surface area contributed by atoms with Crippen LogP contribution in [0.5, 0.6) is 0 Å². The van der Waals surface area contributed by atoms with Crippen molar-refractivity contribution < 1.29 is 17.7 Å². The molecule has 1 rings (SSSR count). The van der Waals surface area contributed by atoms with Crippen molar-refractivity contribution in [2.75, 3.05) is 0 Å². The number of hydrogen-bond donors (Lipinski definition) is 1. The first-order valence-corrected chi connectivity index (χ1v) is 7.13. The van der Waals surface area contributed by atoms with Gasteiger partial charge in [0.2, 0.25) is 15.8 Å². The third-order valence-corrected chi connectivity index (χ3v) is 4.10. The fourth-order valence-corrected chi connectivity index (χ4v) is 2.81. The van der Waals surface area contributed by atoms with Crippen molar-refractivity contribution in [2.45, 2.75) is 30.7 Å². The molecule has 108 valence electrons. The van der Waals surface area contributed by atoms with Crippen LogP contribution in [0.2, 0.25) is 0 Å². The first kappa shape index (κ1) is 16.0. The van der Waals surface area contributed by atoms with Gasteiger partial charge in [-0.25, -0.2) is 13.1 Å². The highest BCUT2D eigenvalue weighted by atomic mass is 32.2. The zero-order valence-electron chi connectivity index (χ0n) is 10.5. The smallest absolute Gasteiger partial charge is 0.258 e. The molecule has 1 unspecified atom stereocenters. The molecule has 0 aliphatic heterocycles. The number of nitrogens with zero attached hydrogens (tertiary/aromatic N) is 2. The average Bonchev–Trinajstić information content (AvgIpc) is 2.37. The lowest BCUT2D eigenvalue weighted by atomic mass is 10.2. The molecule has 0 saturated heterocycles. The van der Waals surface area contributed by atoms with Gasteiger partial charge in [0.25, 0.3) is 0 Å². The summed E-state index contributed by atoms with van der Waals surface area (Å²) in [7, 11) is -4.04. The molecule has 0 aromatic heterocycles. The van der Waals surface area contributed by atoms with Crippen LogP contribution in [-0.2, 0) is 10.0 Å². The maximum Gasteiger partial charge on any atom is 0.306 e. The van der Waals surface area contributed by atoms with Gasteiger partial charge < -0.3 is 0 Å². The van der Waals surface area contributed by atoms with E-state index in [2.05, 4.69) is 4.72 Å². The van der Waals surface area contributed by atoms with Gasteiger partial charge in [-0.05, 0) is 18.6 Å². The maximum absolute atomic E-state index is 13.2. The van der Waals surface area contributed by atoms with Crippen LogP contribution in [0.4, 0.5) is 10.1 Å². The zero-order chi connectivity index (χ0) is 15.3. The van der Waals surface area contributed by atoms with E-state index in [9.17, 15) is 22.9 Å². The summed E-state index contributed by atoms with van der Waals surface area (Å²) in [5, 5.41) is 19.2. The lowest BCUT2D eigenvalue weighted by Gasteiger charge is -2.13. The van der Waals surface area contributed by atoms with Gasteiger partial charge in [-0.3, -0.25) is 10.1 Å². The van der Waals surface area contributed by atoms with Crippen LogP contribution in [0.15, 0.2) is 23.1 Å². The van der Waals surface area contributed by atoms with Crippen molar-refractivity contribution in [1.29, 1.82) is 5.26 Å². The fourth-order valence-electron chi connectivity index (χ4n) is 1.47. The Balaban J connectivity index is 3.13. The molecular weight excluding hydrogens is 289 g/mol. The van der Waals surface area contributed by atoms with Gasteiger partial charge in [0.05, 0.1) is 22.3 Å². The molecule has 9 heteroatoms. The molecule has 1 aromatic carbocycles. The van der Waals surface area contributed by atoms with Crippen LogP contribution in [0, 0.1) is 27.3 Å². The lowest BCUT2D eigenvalue weighted by molar-refractivity contribution is -0.387. The normalized spacial score (nSPS) is 12.7. The van der Waals surface area contributed by atoms with Crippen LogP contribution in [0.3, 0.4) is 0 Å². The topological polar surface area (TPSA) is 113 Å². The van der Waals surface area contributed by atoms with E-state index in [1.54, 1.807) is 6.92 Å². The number of benzene rings is 1. The number of nitrogens with one attached hydrogen (secondary N) is 1. The Bertz CT molecular complexity index is 654. The minimum Gasteiger partial charge on any atom is -0.258 e. The van der Waals surface area contributed by atoms with Crippen molar-refractivity contribution in [3.63, 3.8) is 0 Å². The summed E-state index contributed by atoms with van der Waals surface area (Å²) in [6.07, 6.45) is 0.356. The molecule has 1 N–H and O–H groups in total. The number of rotatable bonds is 6. The molecule has 0 spiro atoms. The minimum atomic E-state index is -4.04. The predicted octanol–water partition coefficient (Wildman–Crippen LogP) is 1.70. The Kier molecular flexibility index (Phi) is 5.12.